The van der Waals surface area contributed by atoms with Crippen molar-refractivity contribution >= 4 is 17.9 Å². The lowest BCUT2D eigenvalue weighted by Gasteiger charge is -2.10. The van der Waals surface area contributed by atoms with E-state index in [1.54, 1.807) is 36.4 Å². The minimum absolute atomic E-state index is 0.0675. The van der Waals surface area contributed by atoms with Crippen LogP contribution in [-0.2, 0) is 0 Å². The zero-order valence-corrected chi connectivity index (χ0v) is 13.9. The first-order valence-corrected chi connectivity index (χ1v) is 7.91. The minimum atomic E-state index is -1.11. The zero-order chi connectivity index (χ0) is 19.6. The Hall–Kier alpha value is -3.93. The number of carbonyl (C=O) groups is 3. The predicted octanol–water partition coefficient (Wildman–Crippen LogP) is 4.12. The normalized spacial score (nSPS) is 10.4. The van der Waals surface area contributed by atoms with Crippen LogP contribution >= 0.6 is 0 Å². The molecule has 3 rings (SSSR count). The van der Waals surface area contributed by atoms with E-state index in [1.807, 2.05) is 0 Å². The summed E-state index contributed by atoms with van der Waals surface area (Å²) in [6, 6.07) is 17.0. The Labute approximate surface area is 154 Å². The average Bonchev–Trinajstić information content (AvgIpc) is 2.67. The summed E-state index contributed by atoms with van der Waals surface area (Å²) in [6.07, 6.45) is 0. The Morgan fingerprint density at radius 2 is 0.963 bits per heavy atom. The van der Waals surface area contributed by atoms with Crippen molar-refractivity contribution in [2.24, 2.45) is 0 Å². The van der Waals surface area contributed by atoms with E-state index < -0.39 is 17.9 Å². The second kappa shape index (κ2) is 7.13. The van der Waals surface area contributed by atoms with Crippen molar-refractivity contribution in [1.82, 2.24) is 0 Å². The first kappa shape index (κ1) is 17.9. The molecule has 134 valence electrons. The molecule has 0 aliphatic heterocycles. The van der Waals surface area contributed by atoms with Gasteiger partial charge < -0.3 is 15.3 Å². The molecular weight excluding hydrogens is 348 g/mol. The van der Waals surface area contributed by atoms with Gasteiger partial charge >= 0.3 is 17.9 Å². The maximum atomic E-state index is 11.7. The van der Waals surface area contributed by atoms with Crippen LogP contribution in [0.1, 0.15) is 31.1 Å². The van der Waals surface area contributed by atoms with E-state index in [2.05, 4.69) is 0 Å². The van der Waals surface area contributed by atoms with Gasteiger partial charge in [-0.2, -0.15) is 0 Å². The summed E-state index contributed by atoms with van der Waals surface area (Å²) in [6.45, 7) is 0. The van der Waals surface area contributed by atoms with Crippen LogP contribution in [0.3, 0.4) is 0 Å². The highest BCUT2D eigenvalue weighted by Crippen LogP contribution is 2.29. The highest BCUT2D eigenvalue weighted by atomic mass is 16.4. The molecule has 3 aromatic carbocycles. The third-order valence-corrected chi connectivity index (χ3v) is 4.16. The lowest BCUT2D eigenvalue weighted by atomic mass is 9.94. The van der Waals surface area contributed by atoms with E-state index in [4.69, 9.17) is 10.2 Å². The first-order chi connectivity index (χ1) is 12.9. The molecule has 0 aromatic heterocycles. The fraction of sp³-hybridized carbons (Fsp3) is 0. The van der Waals surface area contributed by atoms with Crippen molar-refractivity contribution in [3.05, 3.63) is 83.4 Å². The molecule has 3 aromatic rings. The molecule has 0 spiro atoms. The predicted molar refractivity (Wildman–Crippen MR) is 98.2 cm³/mol. The van der Waals surface area contributed by atoms with Crippen molar-refractivity contribution in [2.75, 3.05) is 0 Å². The third kappa shape index (κ3) is 3.69. The van der Waals surface area contributed by atoms with Crippen LogP contribution in [0.4, 0.5) is 0 Å². The van der Waals surface area contributed by atoms with Gasteiger partial charge in [0.15, 0.2) is 0 Å². The summed E-state index contributed by atoms with van der Waals surface area (Å²) in [5.41, 5.74) is 2.71. The number of hydrogen-bond donors (Lipinski definition) is 3. The molecule has 0 unspecified atom stereocenters. The summed E-state index contributed by atoms with van der Waals surface area (Å²) in [4.78, 5) is 33.6. The molecule has 0 atom stereocenters. The third-order valence-electron chi connectivity index (χ3n) is 4.16. The molecule has 6 heteroatoms. The number of rotatable bonds is 5. The number of hydrogen-bond acceptors (Lipinski definition) is 3. The molecule has 3 N–H and O–H groups in total. The molecule has 0 saturated carbocycles. The first-order valence-electron chi connectivity index (χ1n) is 7.91. The monoisotopic (exact) mass is 362 g/mol. The van der Waals surface area contributed by atoms with Crippen LogP contribution in [0.25, 0.3) is 22.3 Å². The van der Waals surface area contributed by atoms with Crippen LogP contribution in [0.2, 0.25) is 0 Å². The van der Waals surface area contributed by atoms with Crippen LogP contribution in [0.5, 0.6) is 0 Å². The number of carboxylic acid groups (broad SMARTS) is 3. The summed E-state index contributed by atoms with van der Waals surface area (Å²) in [5.74, 6) is -3.20. The second-order valence-corrected chi connectivity index (χ2v) is 5.83. The Morgan fingerprint density at radius 3 is 1.41 bits per heavy atom. The number of carboxylic acids is 3. The van der Waals surface area contributed by atoms with E-state index in [1.165, 1.54) is 30.3 Å². The Bertz CT molecular complexity index is 1030. The van der Waals surface area contributed by atoms with Crippen LogP contribution < -0.4 is 0 Å². The van der Waals surface area contributed by atoms with E-state index in [0.717, 1.165) is 0 Å². The Morgan fingerprint density at radius 1 is 0.519 bits per heavy atom. The highest BCUT2D eigenvalue weighted by molar-refractivity contribution is 5.98. The fourth-order valence-electron chi connectivity index (χ4n) is 2.75. The standard InChI is InChI=1S/C21H14O6/c22-19(23)14-5-1-12(2-6-14)16-9-10-17(18(11-16)21(26)27)13-3-7-15(8-4-13)20(24)25/h1-11H,(H,22,23)(H,24,25)(H,26,27). The van der Waals surface area contributed by atoms with Crippen molar-refractivity contribution in [2.45, 2.75) is 0 Å². The Balaban J connectivity index is 2.03. The largest absolute Gasteiger partial charge is 0.478 e. The number of aromatic carboxylic acids is 3. The Kier molecular flexibility index (Phi) is 4.72. The van der Waals surface area contributed by atoms with Gasteiger partial charge in [-0.3, -0.25) is 0 Å². The maximum absolute atomic E-state index is 11.7. The molecule has 0 heterocycles. The van der Waals surface area contributed by atoms with Crippen molar-refractivity contribution in [3.8, 4) is 22.3 Å². The molecule has 6 nitrogen and oxygen atoms in total. The quantitative estimate of drug-likeness (QED) is 0.629. The van der Waals surface area contributed by atoms with Crippen molar-refractivity contribution < 1.29 is 29.7 Å². The lowest BCUT2D eigenvalue weighted by Crippen LogP contribution is -2.01. The van der Waals surface area contributed by atoms with Gasteiger partial charge in [-0.15, -0.1) is 0 Å². The molecule has 0 bridgehead atoms. The molecule has 0 fully saturated rings. The average molecular weight is 362 g/mol. The fourth-order valence-corrected chi connectivity index (χ4v) is 2.75. The molecule has 0 aliphatic rings. The molecular formula is C21H14O6. The summed E-state index contributed by atoms with van der Waals surface area (Å²) in [7, 11) is 0. The topological polar surface area (TPSA) is 112 Å². The van der Waals surface area contributed by atoms with Gasteiger partial charge in [-0.1, -0.05) is 36.4 Å². The SMILES string of the molecule is O=C(O)c1ccc(-c2ccc(-c3ccc(C(=O)O)cc3)c(C(=O)O)c2)cc1. The second-order valence-electron chi connectivity index (χ2n) is 5.83. The van der Waals surface area contributed by atoms with E-state index in [0.29, 0.717) is 22.3 Å². The summed E-state index contributed by atoms with van der Waals surface area (Å²) >= 11 is 0. The van der Waals surface area contributed by atoms with Gasteiger partial charge in [0, 0.05) is 0 Å². The molecule has 0 radical (unpaired) electrons. The number of benzene rings is 3. The van der Waals surface area contributed by atoms with Gasteiger partial charge in [0.05, 0.1) is 16.7 Å². The van der Waals surface area contributed by atoms with Crippen LogP contribution in [-0.4, -0.2) is 33.2 Å². The summed E-state index contributed by atoms with van der Waals surface area (Å²) < 4.78 is 0. The van der Waals surface area contributed by atoms with Gasteiger partial charge in [0.2, 0.25) is 0 Å². The van der Waals surface area contributed by atoms with E-state index >= 15 is 0 Å². The van der Waals surface area contributed by atoms with Gasteiger partial charge in [0.25, 0.3) is 0 Å². The zero-order valence-electron chi connectivity index (χ0n) is 13.9. The van der Waals surface area contributed by atoms with Gasteiger partial charge in [0.1, 0.15) is 0 Å². The van der Waals surface area contributed by atoms with Crippen LogP contribution in [0.15, 0.2) is 66.7 Å². The van der Waals surface area contributed by atoms with Crippen molar-refractivity contribution in [1.29, 1.82) is 0 Å². The maximum Gasteiger partial charge on any atom is 0.336 e. The highest BCUT2D eigenvalue weighted by Gasteiger charge is 2.14. The van der Waals surface area contributed by atoms with Crippen molar-refractivity contribution in [3.63, 3.8) is 0 Å². The van der Waals surface area contributed by atoms with E-state index in [9.17, 15) is 19.5 Å². The smallest absolute Gasteiger partial charge is 0.336 e. The molecule has 27 heavy (non-hydrogen) atoms. The minimum Gasteiger partial charge on any atom is -0.478 e. The van der Waals surface area contributed by atoms with E-state index in [-0.39, 0.29) is 16.7 Å². The lowest BCUT2D eigenvalue weighted by molar-refractivity contribution is 0.0686. The van der Waals surface area contributed by atoms with Crippen LogP contribution in [0, 0.1) is 0 Å². The molecule has 0 saturated heterocycles. The molecule has 0 amide bonds. The molecule has 0 aliphatic carbocycles. The summed E-state index contributed by atoms with van der Waals surface area (Å²) in [5, 5.41) is 27.5. The van der Waals surface area contributed by atoms with Gasteiger partial charge in [-0.05, 0) is 52.6 Å². The van der Waals surface area contributed by atoms with Gasteiger partial charge in [-0.25, -0.2) is 14.4 Å².